The van der Waals surface area contributed by atoms with Gasteiger partial charge in [-0.2, -0.15) is 0 Å². The summed E-state index contributed by atoms with van der Waals surface area (Å²) in [6.07, 6.45) is -9.73. The van der Waals surface area contributed by atoms with Crippen LogP contribution in [0.5, 0.6) is 0 Å². The Bertz CT molecular complexity index is 427. The van der Waals surface area contributed by atoms with Crippen LogP contribution in [0, 0.1) is 0 Å². The van der Waals surface area contributed by atoms with Crippen LogP contribution < -0.4 is 0 Å². The normalized spacial score (nSPS) is 47.1. The van der Waals surface area contributed by atoms with E-state index in [4.69, 9.17) is 14.2 Å². The standard InChI is InChI=1S/C15H28O10S/c1-2-3-23-14-13(11(21)9(19)6(4-16)24-14)26-15-12(22)10(20)8(18)7(5-17)25-15/h6-22H,2-5H2,1H3/t6-,7-,8-,9-,10+,11+,12-,13-,14-,15-/m1/s1. The van der Waals surface area contributed by atoms with Gasteiger partial charge in [0.2, 0.25) is 0 Å². The summed E-state index contributed by atoms with van der Waals surface area (Å²) in [5.41, 5.74) is -1.11. The average Bonchev–Trinajstić information content (AvgIpc) is 2.64. The molecule has 0 aromatic heterocycles. The molecule has 0 aliphatic carbocycles. The van der Waals surface area contributed by atoms with Crippen LogP contribution in [0.25, 0.3) is 0 Å². The summed E-state index contributed by atoms with van der Waals surface area (Å²) in [5.74, 6) is 0. The first kappa shape index (κ1) is 22.2. The molecule has 2 heterocycles. The number of rotatable bonds is 7. The van der Waals surface area contributed by atoms with Crippen molar-refractivity contribution in [3.8, 4) is 0 Å². The molecule has 2 fully saturated rings. The van der Waals surface area contributed by atoms with Crippen molar-refractivity contribution in [2.75, 3.05) is 19.8 Å². The molecule has 2 aliphatic heterocycles. The van der Waals surface area contributed by atoms with E-state index in [1.165, 1.54) is 0 Å². The van der Waals surface area contributed by atoms with E-state index in [0.717, 1.165) is 11.8 Å². The molecule has 2 saturated heterocycles. The molecule has 154 valence electrons. The van der Waals surface area contributed by atoms with Crippen LogP contribution in [0.1, 0.15) is 13.3 Å². The predicted octanol–water partition coefficient (Wildman–Crippen LogP) is -3.25. The minimum Gasteiger partial charge on any atom is -0.394 e. The first-order chi connectivity index (χ1) is 12.3. The highest BCUT2D eigenvalue weighted by Crippen LogP contribution is 2.38. The molecule has 0 amide bonds. The first-order valence-electron chi connectivity index (χ1n) is 8.55. The van der Waals surface area contributed by atoms with Crippen LogP contribution in [0.3, 0.4) is 0 Å². The van der Waals surface area contributed by atoms with Gasteiger partial charge in [0, 0.05) is 6.61 Å². The molecule has 0 aromatic carbocycles. The topological polar surface area (TPSA) is 169 Å². The largest absolute Gasteiger partial charge is 0.394 e. The fourth-order valence-electron chi connectivity index (χ4n) is 2.90. The van der Waals surface area contributed by atoms with Crippen molar-refractivity contribution in [3.63, 3.8) is 0 Å². The molecule has 0 aromatic rings. The van der Waals surface area contributed by atoms with Gasteiger partial charge in [0.25, 0.3) is 0 Å². The van der Waals surface area contributed by atoms with Gasteiger partial charge in [-0.1, -0.05) is 6.92 Å². The van der Waals surface area contributed by atoms with Crippen LogP contribution in [0.15, 0.2) is 0 Å². The van der Waals surface area contributed by atoms with Crippen LogP contribution in [0.4, 0.5) is 0 Å². The first-order valence-corrected chi connectivity index (χ1v) is 9.50. The fourth-order valence-corrected chi connectivity index (χ4v) is 4.34. The summed E-state index contributed by atoms with van der Waals surface area (Å²) < 4.78 is 16.5. The van der Waals surface area contributed by atoms with Gasteiger partial charge < -0.3 is 50.0 Å². The second kappa shape index (κ2) is 9.94. The number of aliphatic hydroxyl groups is 7. The van der Waals surface area contributed by atoms with E-state index in [2.05, 4.69) is 0 Å². The molecular formula is C15H28O10S. The number of hydrogen-bond donors (Lipinski definition) is 7. The van der Waals surface area contributed by atoms with Gasteiger partial charge in [-0.3, -0.25) is 0 Å². The fraction of sp³-hybridized carbons (Fsp3) is 1.00. The maximum absolute atomic E-state index is 10.4. The Balaban J connectivity index is 2.14. The van der Waals surface area contributed by atoms with E-state index < -0.39 is 72.9 Å². The van der Waals surface area contributed by atoms with Crippen molar-refractivity contribution >= 4 is 11.8 Å². The van der Waals surface area contributed by atoms with E-state index in [1.807, 2.05) is 6.92 Å². The maximum atomic E-state index is 10.4. The van der Waals surface area contributed by atoms with Gasteiger partial charge in [0.1, 0.15) is 42.1 Å². The zero-order chi connectivity index (χ0) is 19.4. The van der Waals surface area contributed by atoms with E-state index in [9.17, 15) is 35.7 Å². The number of aliphatic hydroxyl groups excluding tert-OH is 7. The number of ether oxygens (including phenoxy) is 3. The molecule has 2 aliphatic rings. The lowest BCUT2D eigenvalue weighted by molar-refractivity contribution is -0.253. The zero-order valence-corrected chi connectivity index (χ0v) is 15.2. The molecule has 0 bridgehead atoms. The molecule has 10 nitrogen and oxygen atoms in total. The molecule has 2 rings (SSSR count). The SMILES string of the molecule is CCCO[C@@H]1O[C@H](CO)[C@@H](O)[C@H](O)[C@H]1S[C@H]1O[C@H](CO)[C@@H](O)[C@H](O)[C@H]1O. The number of hydrogen-bond acceptors (Lipinski definition) is 11. The third-order valence-electron chi connectivity index (χ3n) is 4.45. The van der Waals surface area contributed by atoms with E-state index >= 15 is 0 Å². The smallest absolute Gasteiger partial charge is 0.172 e. The van der Waals surface area contributed by atoms with Gasteiger partial charge in [-0.15, -0.1) is 11.8 Å². The van der Waals surface area contributed by atoms with Crippen molar-refractivity contribution < 1.29 is 50.0 Å². The van der Waals surface area contributed by atoms with Gasteiger partial charge in [0.05, 0.1) is 24.6 Å². The van der Waals surface area contributed by atoms with Gasteiger partial charge >= 0.3 is 0 Å². The average molecular weight is 400 g/mol. The van der Waals surface area contributed by atoms with Crippen molar-refractivity contribution in [2.24, 2.45) is 0 Å². The quantitative estimate of drug-likeness (QED) is 0.229. The lowest BCUT2D eigenvalue weighted by atomic mass is 10.0. The Morgan fingerprint density at radius 2 is 1.38 bits per heavy atom. The van der Waals surface area contributed by atoms with E-state index in [-0.39, 0.29) is 0 Å². The highest BCUT2D eigenvalue weighted by Gasteiger charge is 2.50. The van der Waals surface area contributed by atoms with Crippen LogP contribution in [-0.2, 0) is 14.2 Å². The number of thioether (sulfide) groups is 1. The van der Waals surface area contributed by atoms with Crippen LogP contribution in [-0.4, -0.2) is 115 Å². The lowest BCUT2D eigenvalue weighted by Gasteiger charge is -2.45. The molecular weight excluding hydrogens is 372 g/mol. The molecule has 0 radical (unpaired) electrons. The summed E-state index contributed by atoms with van der Waals surface area (Å²) in [4.78, 5) is 0. The van der Waals surface area contributed by atoms with E-state index in [0.29, 0.717) is 13.0 Å². The maximum Gasteiger partial charge on any atom is 0.172 e. The molecule has 26 heavy (non-hydrogen) atoms. The molecule has 7 N–H and O–H groups in total. The summed E-state index contributed by atoms with van der Waals surface area (Å²) in [5, 5.41) is 68.1. The summed E-state index contributed by atoms with van der Waals surface area (Å²) >= 11 is 0.861. The minimum atomic E-state index is -1.55. The Kier molecular flexibility index (Phi) is 8.50. The summed E-state index contributed by atoms with van der Waals surface area (Å²) in [6.45, 7) is 1.09. The molecule has 0 saturated carbocycles. The van der Waals surface area contributed by atoms with Gasteiger partial charge in [-0.25, -0.2) is 0 Å². The van der Waals surface area contributed by atoms with Crippen LogP contribution >= 0.6 is 11.8 Å². The van der Waals surface area contributed by atoms with Crippen molar-refractivity contribution in [2.45, 2.75) is 73.0 Å². The molecule has 0 spiro atoms. The summed E-state index contributed by atoms with van der Waals surface area (Å²) in [6, 6.07) is 0. The van der Waals surface area contributed by atoms with Gasteiger partial charge in [0.15, 0.2) is 6.29 Å². The Morgan fingerprint density at radius 1 is 0.808 bits per heavy atom. The third kappa shape index (κ3) is 4.67. The van der Waals surface area contributed by atoms with Crippen LogP contribution in [0.2, 0.25) is 0 Å². The third-order valence-corrected chi connectivity index (χ3v) is 5.92. The Hall–Kier alpha value is -0.0500. The van der Waals surface area contributed by atoms with E-state index in [1.54, 1.807) is 0 Å². The Labute approximate surface area is 155 Å². The second-order valence-corrected chi connectivity index (χ2v) is 7.66. The monoisotopic (exact) mass is 400 g/mol. The summed E-state index contributed by atoms with van der Waals surface area (Å²) in [7, 11) is 0. The second-order valence-electron chi connectivity index (χ2n) is 6.38. The highest BCUT2D eigenvalue weighted by molar-refractivity contribution is 8.00. The molecule has 10 atom stereocenters. The Morgan fingerprint density at radius 3 is 1.96 bits per heavy atom. The minimum absolute atomic E-state index is 0.303. The van der Waals surface area contributed by atoms with Gasteiger partial charge in [-0.05, 0) is 6.42 Å². The van der Waals surface area contributed by atoms with Crippen molar-refractivity contribution in [1.29, 1.82) is 0 Å². The predicted molar refractivity (Wildman–Crippen MR) is 89.1 cm³/mol. The molecule has 0 unspecified atom stereocenters. The lowest BCUT2D eigenvalue weighted by Crippen LogP contribution is -2.61. The zero-order valence-electron chi connectivity index (χ0n) is 14.4. The van der Waals surface area contributed by atoms with Crippen molar-refractivity contribution in [3.05, 3.63) is 0 Å². The molecule has 11 heteroatoms. The van der Waals surface area contributed by atoms with Crippen molar-refractivity contribution in [1.82, 2.24) is 0 Å². The highest BCUT2D eigenvalue weighted by atomic mass is 32.2.